The molecule has 102 valence electrons. The third-order valence-corrected chi connectivity index (χ3v) is 2.75. The van der Waals surface area contributed by atoms with E-state index in [1.165, 1.54) is 0 Å². The number of aromatic nitrogens is 1. The van der Waals surface area contributed by atoms with Crippen LogP contribution >= 0.6 is 0 Å². The van der Waals surface area contributed by atoms with E-state index in [9.17, 15) is 4.79 Å². The number of rotatable bonds is 2. The molecule has 0 atom stereocenters. The molecule has 0 aliphatic carbocycles. The lowest BCUT2D eigenvalue weighted by atomic mass is 10.2. The van der Waals surface area contributed by atoms with Crippen molar-refractivity contribution in [2.75, 3.05) is 7.05 Å². The van der Waals surface area contributed by atoms with Crippen molar-refractivity contribution < 1.29 is 9.53 Å². The zero-order valence-electron chi connectivity index (χ0n) is 11.9. The van der Waals surface area contributed by atoms with E-state index in [-0.39, 0.29) is 6.09 Å². The van der Waals surface area contributed by atoms with Crippen molar-refractivity contribution in [2.24, 2.45) is 0 Å². The number of nitrogens with zero attached hydrogens (tertiary/aromatic N) is 1. The summed E-state index contributed by atoms with van der Waals surface area (Å²) in [6.07, 6.45) is 1.50. The first-order valence-corrected chi connectivity index (χ1v) is 6.39. The molecule has 4 heteroatoms. The molecule has 0 amide bonds. The normalized spacial score (nSPS) is 11.8. The average molecular weight is 260 g/mol. The quantitative estimate of drug-likeness (QED) is 0.902. The van der Waals surface area contributed by atoms with Crippen LogP contribution in [0.1, 0.15) is 26.3 Å². The molecule has 19 heavy (non-hydrogen) atoms. The Morgan fingerprint density at radius 1 is 1.32 bits per heavy atom. The van der Waals surface area contributed by atoms with Gasteiger partial charge < -0.3 is 10.1 Å². The second kappa shape index (κ2) is 5.05. The van der Waals surface area contributed by atoms with Crippen LogP contribution in [0.15, 0.2) is 30.5 Å². The molecule has 0 spiro atoms. The van der Waals surface area contributed by atoms with Crippen LogP contribution < -0.4 is 5.32 Å². The van der Waals surface area contributed by atoms with Gasteiger partial charge in [0.05, 0.1) is 5.52 Å². The van der Waals surface area contributed by atoms with Crippen molar-refractivity contribution in [3.05, 3.63) is 36.0 Å². The average Bonchev–Trinajstić information content (AvgIpc) is 2.67. The molecule has 2 aromatic rings. The molecule has 2 rings (SSSR count). The number of carbonyl (C=O) groups excluding carboxylic acids is 1. The minimum atomic E-state index is -0.494. The SMILES string of the molecule is CNCc1cn(C(=O)OC(C)(C)C)c2ccccc12. The predicted molar refractivity (Wildman–Crippen MR) is 76.3 cm³/mol. The Hall–Kier alpha value is -1.81. The van der Waals surface area contributed by atoms with Gasteiger partial charge in [-0.2, -0.15) is 0 Å². The predicted octanol–water partition coefficient (Wildman–Crippen LogP) is 3.14. The fraction of sp³-hybridized carbons (Fsp3) is 0.400. The maximum Gasteiger partial charge on any atom is 0.419 e. The van der Waals surface area contributed by atoms with Gasteiger partial charge in [0.25, 0.3) is 0 Å². The van der Waals surface area contributed by atoms with Crippen molar-refractivity contribution in [1.82, 2.24) is 9.88 Å². The summed E-state index contributed by atoms with van der Waals surface area (Å²) in [6, 6.07) is 7.84. The molecule has 0 aliphatic heterocycles. The molecular weight excluding hydrogens is 240 g/mol. The van der Waals surface area contributed by atoms with Crippen LogP contribution in [-0.4, -0.2) is 23.3 Å². The van der Waals surface area contributed by atoms with Crippen LogP contribution in [-0.2, 0) is 11.3 Å². The van der Waals surface area contributed by atoms with Gasteiger partial charge in [0, 0.05) is 18.1 Å². The smallest absolute Gasteiger partial charge is 0.419 e. The van der Waals surface area contributed by atoms with Crippen molar-refractivity contribution in [2.45, 2.75) is 32.9 Å². The van der Waals surface area contributed by atoms with Crippen molar-refractivity contribution in [1.29, 1.82) is 0 Å². The molecule has 1 N–H and O–H groups in total. The number of hydrogen-bond acceptors (Lipinski definition) is 3. The van der Waals surface area contributed by atoms with Crippen LogP contribution in [0, 0.1) is 0 Å². The summed E-state index contributed by atoms with van der Waals surface area (Å²) >= 11 is 0. The third-order valence-electron chi connectivity index (χ3n) is 2.75. The Morgan fingerprint density at radius 2 is 2.00 bits per heavy atom. The molecule has 0 aliphatic rings. The van der Waals surface area contributed by atoms with Crippen LogP contribution in [0.2, 0.25) is 0 Å². The summed E-state index contributed by atoms with van der Waals surface area (Å²) in [6.45, 7) is 6.32. The second-order valence-corrected chi connectivity index (χ2v) is 5.55. The maximum absolute atomic E-state index is 12.2. The highest BCUT2D eigenvalue weighted by molar-refractivity contribution is 5.92. The van der Waals surface area contributed by atoms with E-state index in [0.29, 0.717) is 0 Å². The first-order chi connectivity index (χ1) is 8.92. The maximum atomic E-state index is 12.2. The van der Waals surface area contributed by atoms with E-state index in [0.717, 1.165) is 23.0 Å². The summed E-state index contributed by atoms with van der Waals surface area (Å²) in [5.41, 5.74) is 1.47. The monoisotopic (exact) mass is 260 g/mol. The Balaban J connectivity index is 2.46. The molecule has 1 aromatic heterocycles. The van der Waals surface area contributed by atoms with Gasteiger partial charge in [-0.05, 0) is 39.4 Å². The summed E-state index contributed by atoms with van der Waals surface area (Å²) in [7, 11) is 1.89. The number of benzene rings is 1. The highest BCUT2D eigenvalue weighted by atomic mass is 16.6. The molecule has 0 saturated carbocycles. The standard InChI is InChI=1S/C15H20N2O2/c1-15(2,3)19-14(18)17-10-11(9-16-4)12-7-5-6-8-13(12)17/h5-8,10,16H,9H2,1-4H3. The topological polar surface area (TPSA) is 43.3 Å². The Morgan fingerprint density at radius 3 is 2.63 bits per heavy atom. The first kappa shape index (κ1) is 13.6. The van der Waals surface area contributed by atoms with E-state index >= 15 is 0 Å². The highest BCUT2D eigenvalue weighted by Gasteiger charge is 2.20. The lowest BCUT2D eigenvalue weighted by Gasteiger charge is -2.19. The van der Waals surface area contributed by atoms with E-state index in [4.69, 9.17) is 4.74 Å². The summed E-state index contributed by atoms with van der Waals surface area (Å²) in [5, 5.41) is 4.18. The Bertz CT molecular complexity index is 594. The Kier molecular flexibility index (Phi) is 3.62. The van der Waals surface area contributed by atoms with E-state index in [1.807, 2.05) is 58.3 Å². The van der Waals surface area contributed by atoms with E-state index in [2.05, 4.69) is 5.32 Å². The van der Waals surface area contributed by atoms with Gasteiger partial charge in [-0.25, -0.2) is 4.79 Å². The molecule has 4 nitrogen and oxygen atoms in total. The largest absolute Gasteiger partial charge is 0.443 e. The van der Waals surface area contributed by atoms with Gasteiger partial charge in [0.2, 0.25) is 0 Å². The number of hydrogen-bond donors (Lipinski definition) is 1. The lowest BCUT2D eigenvalue weighted by Crippen LogP contribution is -2.26. The van der Waals surface area contributed by atoms with Crippen molar-refractivity contribution in [3.8, 4) is 0 Å². The molecular formula is C15H20N2O2. The van der Waals surface area contributed by atoms with Crippen LogP contribution in [0.5, 0.6) is 0 Å². The molecule has 1 aromatic carbocycles. The summed E-state index contributed by atoms with van der Waals surface area (Å²) in [5.74, 6) is 0. The first-order valence-electron chi connectivity index (χ1n) is 6.39. The highest BCUT2D eigenvalue weighted by Crippen LogP contribution is 2.22. The fourth-order valence-electron chi connectivity index (χ4n) is 2.04. The molecule has 0 fully saturated rings. The second-order valence-electron chi connectivity index (χ2n) is 5.55. The molecule has 0 unspecified atom stereocenters. The minimum Gasteiger partial charge on any atom is -0.443 e. The number of nitrogens with one attached hydrogen (secondary N) is 1. The van der Waals surface area contributed by atoms with E-state index < -0.39 is 5.60 Å². The van der Waals surface area contributed by atoms with Gasteiger partial charge >= 0.3 is 6.09 Å². The third kappa shape index (κ3) is 2.96. The van der Waals surface area contributed by atoms with Crippen LogP contribution in [0.4, 0.5) is 4.79 Å². The molecule has 0 saturated heterocycles. The van der Waals surface area contributed by atoms with Gasteiger partial charge in [0.1, 0.15) is 5.60 Å². The van der Waals surface area contributed by atoms with Crippen molar-refractivity contribution >= 4 is 17.0 Å². The summed E-state index contributed by atoms with van der Waals surface area (Å²) in [4.78, 5) is 12.2. The number of para-hydroxylation sites is 1. The number of fused-ring (bicyclic) bond motifs is 1. The molecule has 0 radical (unpaired) electrons. The summed E-state index contributed by atoms with van der Waals surface area (Å²) < 4.78 is 7.00. The zero-order chi connectivity index (χ0) is 14.0. The number of ether oxygens (including phenoxy) is 1. The molecule has 0 bridgehead atoms. The fourth-order valence-corrected chi connectivity index (χ4v) is 2.04. The number of carbonyl (C=O) groups is 1. The van der Waals surface area contributed by atoms with Gasteiger partial charge in [-0.1, -0.05) is 18.2 Å². The van der Waals surface area contributed by atoms with Crippen LogP contribution in [0.3, 0.4) is 0 Å². The molecule has 1 heterocycles. The van der Waals surface area contributed by atoms with Gasteiger partial charge in [-0.3, -0.25) is 4.57 Å². The Labute approximate surface area is 113 Å². The van der Waals surface area contributed by atoms with E-state index in [1.54, 1.807) is 4.57 Å². The van der Waals surface area contributed by atoms with Crippen molar-refractivity contribution in [3.63, 3.8) is 0 Å². The van der Waals surface area contributed by atoms with Gasteiger partial charge in [-0.15, -0.1) is 0 Å². The minimum absolute atomic E-state index is 0.342. The van der Waals surface area contributed by atoms with Crippen LogP contribution in [0.25, 0.3) is 10.9 Å². The lowest BCUT2D eigenvalue weighted by molar-refractivity contribution is 0.0544. The zero-order valence-corrected chi connectivity index (χ0v) is 11.9. The van der Waals surface area contributed by atoms with Gasteiger partial charge in [0.15, 0.2) is 0 Å².